The second-order valence-corrected chi connectivity index (χ2v) is 8.13. The molecule has 0 bridgehead atoms. The Morgan fingerprint density at radius 1 is 1.23 bits per heavy atom. The van der Waals surface area contributed by atoms with Crippen LogP contribution in [0.3, 0.4) is 0 Å². The average Bonchev–Trinajstić information content (AvgIpc) is 3.20. The minimum Gasteiger partial charge on any atom is -0.357 e. The molecule has 0 aliphatic carbocycles. The number of nitrogens with zero attached hydrogens (tertiary/aromatic N) is 2. The number of thiazole rings is 1. The van der Waals surface area contributed by atoms with E-state index in [2.05, 4.69) is 39.8 Å². The molecule has 166 valence electrons. The molecule has 1 unspecified atom stereocenters. The Balaban J connectivity index is 0.00000450. The van der Waals surface area contributed by atoms with Crippen molar-refractivity contribution in [2.45, 2.75) is 59.5 Å². The molecule has 1 amide bonds. The lowest BCUT2D eigenvalue weighted by Crippen LogP contribution is -2.38. The fraction of sp³-hybridized carbons (Fsp3) is 0.500. The topological polar surface area (TPSA) is 78.4 Å². The van der Waals surface area contributed by atoms with Crippen LogP contribution >= 0.6 is 35.3 Å². The molecule has 8 heteroatoms. The third-order valence-corrected chi connectivity index (χ3v) is 5.73. The van der Waals surface area contributed by atoms with Gasteiger partial charge in [-0.1, -0.05) is 26.0 Å². The van der Waals surface area contributed by atoms with E-state index in [1.807, 2.05) is 44.3 Å². The summed E-state index contributed by atoms with van der Waals surface area (Å²) < 4.78 is 0. The van der Waals surface area contributed by atoms with Gasteiger partial charge < -0.3 is 16.0 Å². The smallest absolute Gasteiger partial charge is 0.251 e. The monoisotopic (exact) mass is 543 g/mol. The number of aliphatic imine (C=N–C) groups is 1. The van der Waals surface area contributed by atoms with Crippen LogP contribution in [0.4, 0.5) is 0 Å². The van der Waals surface area contributed by atoms with Crippen molar-refractivity contribution < 1.29 is 4.79 Å². The zero-order valence-electron chi connectivity index (χ0n) is 18.3. The van der Waals surface area contributed by atoms with E-state index in [0.717, 1.165) is 48.9 Å². The third kappa shape index (κ3) is 8.99. The molecule has 6 nitrogen and oxygen atoms in total. The van der Waals surface area contributed by atoms with E-state index in [-0.39, 0.29) is 35.9 Å². The van der Waals surface area contributed by atoms with Gasteiger partial charge in [0.1, 0.15) is 0 Å². The van der Waals surface area contributed by atoms with E-state index in [1.165, 1.54) is 4.88 Å². The van der Waals surface area contributed by atoms with E-state index >= 15 is 0 Å². The Morgan fingerprint density at radius 3 is 2.70 bits per heavy atom. The molecular formula is C22H34IN5OS. The van der Waals surface area contributed by atoms with Crippen molar-refractivity contribution in [1.29, 1.82) is 0 Å². The first-order valence-corrected chi connectivity index (χ1v) is 11.2. The number of amides is 1. The van der Waals surface area contributed by atoms with Crippen molar-refractivity contribution in [3.63, 3.8) is 0 Å². The van der Waals surface area contributed by atoms with Gasteiger partial charge in [-0.2, -0.15) is 0 Å². The SMILES string of the molecule is CCNC(=NCc1cccc(C(=O)NC(C)CC)c1)NCCc1ncc(CC)s1.I. The molecule has 2 aromatic rings. The summed E-state index contributed by atoms with van der Waals surface area (Å²) in [6, 6.07) is 7.82. The fourth-order valence-corrected chi connectivity index (χ4v) is 3.51. The molecule has 1 heterocycles. The maximum Gasteiger partial charge on any atom is 0.251 e. The lowest BCUT2D eigenvalue weighted by atomic mass is 10.1. The van der Waals surface area contributed by atoms with Crippen LogP contribution in [0.15, 0.2) is 35.5 Å². The summed E-state index contributed by atoms with van der Waals surface area (Å²) in [6.07, 6.45) is 4.78. The highest BCUT2D eigenvalue weighted by molar-refractivity contribution is 14.0. The van der Waals surface area contributed by atoms with Crippen LogP contribution in [0.5, 0.6) is 0 Å². The Morgan fingerprint density at radius 2 is 2.03 bits per heavy atom. The second-order valence-electron chi connectivity index (χ2n) is 6.93. The molecule has 1 atom stereocenters. The van der Waals surface area contributed by atoms with Crippen LogP contribution in [0, 0.1) is 0 Å². The van der Waals surface area contributed by atoms with E-state index < -0.39 is 0 Å². The van der Waals surface area contributed by atoms with Gasteiger partial charge in [-0.05, 0) is 44.4 Å². The van der Waals surface area contributed by atoms with Gasteiger partial charge in [0, 0.05) is 42.2 Å². The highest BCUT2D eigenvalue weighted by Crippen LogP contribution is 2.13. The Kier molecular flexibility index (Phi) is 12.6. The molecule has 0 spiro atoms. The lowest BCUT2D eigenvalue weighted by molar-refractivity contribution is 0.0939. The van der Waals surface area contributed by atoms with Gasteiger partial charge in [0.05, 0.1) is 11.6 Å². The van der Waals surface area contributed by atoms with Crippen LogP contribution in [0.2, 0.25) is 0 Å². The van der Waals surface area contributed by atoms with Crippen LogP contribution in [0.1, 0.15) is 59.9 Å². The first-order valence-electron chi connectivity index (χ1n) is 10.4. The molecule has 0 aliphatic heterocycles. The highest BCUT2D eigenvalue weighted by Gasteiger charge is 2.09. The Labute approximate surface area is 201 Å². The first kappa shape index (κ1) is 26.4. The number of rotatable bonds is 10. The molecule has 0 fully saturated rings. The zero-order valence-corrected chi connectivity index (χ0v) is 21.5. The van der Waals surface area contributed by atoms with Crippen molar-refractivity contribution in [1.82, 2.24) is 20.9 Å². The number of hydrogen-bond acceptors (Lipinski definition) is 4. The van der Waals surface area contributed by atoms with Gasteiger partial charge in [-0.25, -0.2) is 9.98 Å². The molecule has 2 rings (SSSR count). The second kappa shape index (κ2) is 14.3. The summed E-state index contributed by atoms with van der Waals surface area (Å²) >= 11 is 1.77. The number of benzene rings is 1. The molecule has 1 aromatic heterocycles. The summed E-state index contributed by atoms with van der Waals surface area (Å²) in [5.41, 5.74) is 1.68. The van der Waals surface area contributed by atoms with Crippen LogP contribution < -0.4 is 16.0 Å². The number of aromatic nitrogens is 1. The van der Waals surface area contributed by atoms with Crippen molar-refractivity contribution >= 4 is 47.2 Å². The van der Waals surface area contributed by atoms with E-state index in [0.29, 0.717) is 12.1 Å². The van der Waals surface area contributed by atoms with Crippen molar-refractivity contribution in [2.24, 2.45) is 4.99 Å². The standard InChI is InChI=1S/C22H33N5OS.HI/c1-5-16(4)27-21(28)18-10-8-9-17(13-18)14-26-22(23-7-3)24-12-11-20-25-15-19(6-2)29-20;/h8-10,13,15-16H,5-7,11-12,14H2,1-4H3,(H,27,28)(H2,23,24,26);1H. The quantitative estimate of drug-likeness (QED) is 0.239. The molecule has 0 aliphatic rings. The number of guanidine groups is 1. The van der Waals surface area contributed by atoms with Crippen molar-refractivity contribution in [3.05, 3.63) is 51.5 Å². The maximum atomic E-state index is 12.3. The summed E-state index contributed by atoms with van der Waals surface area (Å²) in [7, 11) is 0. The third-order valence-electron chi connectivity index (χ3n) is 4.52. The number of aryl methyl sites for hydroxylation is 1. The summed E-state index contributed by atoms with van der Waals surface area (Å²) in [6.45, 7) is 10.3. The van der Waals surface area contributed by atoms with E-state index in [1.54, 1.807) is 11.3 Å². The van der Waals surface area contributed by atoms with Gasteiger partial charge in [-0.15, -0.1) is 35.3 Å². The highest BCUT2D eigenvalue weighted by atomic mass is 127. The molecule has 30 heavy (non-hydrogen) atoms. The molecular weight excluding hydrogens is 509 g/mol. The van der Waals surface area contributed by atoms with Crippen molar-refractivity contribution in [2.75, 3.05) is 13.1 Å². The number of carbonyl (C=O) groups excluding carboxylic acids is 1. The van der Waals surface area contributed by atoms with E-state index in [9.17, 15) is 4.79 Å². The summed E-state index contributed by atoms with van der Waals surface area (Å²) in [5, 5.41) is 10.8. The molecule has 0 radical (unpaired) electrons. The van der Waals surface area contributed by atoms with Crippen LogP contribution in [0.25, 0.3) is 0 Å². The fourth-order valence-electron chi connectivity index (χ4n) is 2.65. The largest absolute Gasteiger partial charge is 0.357 e. The summed E-state index contributed by atoms with van der Waals surface area (Å²) in [4.78, 5) is 22.8. The van der Waals surface area contributed by atoms with Gasteiger partial charge in [-0.3, -0.25) is 4.79 Å². The number of carbonyl (C=O) groups is 1. The number of nitrogens with one attached hydrogen (secondary N) is 3. The summed E-state index contributed by atoms with van der Waals surface area (Å²) in [5.74, 6) is 0.735. The zero-order chi connectivity index (χ0) is 21.1. The predicted molar refractivity (Wildman–Crippen MR) is 137 cm³/mol. The average molecular weight is 544 g/mol. The van der Waals surface area contributed by atoms with Gasteiger partial charge in [0.2, 0.25) is 0 Å². The van der Waals surface area contributed by atoms with E-state index in [4.69, 9.17) is 0 Å². The molecule has 0 saturated carbocycles. The minimum absolute atomic E-state index is 0. The van der Waals surface area contributed by atoms with Crippen molar-refractivity contribution in [3.8, 4) is 0 Å². The molecule has 3 N–H and O–H groups in total. The minimum atomic E-state index is -0.0369. The first-order chi connectivity index (χ1) is 14.0. The van der Waals surface area contributed by atoms with Gasteiger partial charge in [0.15, 0.2) is 5.96 Å². The molecule has 1 aromatic carbocycles. The van der Waals surface area contributed by atoms with Gasteiger partial charge in [0.25, 0.3) is 5.91 Å². The van der Waals surface area contributed by atoms with Gasteiger partial charge >= 0.3 is 0 Å². The normalized spacial score (nSPS) is 12.1. The predicted octanol–water partition coefficient (Wildman–Crippen LogP) is 4.15. The Bertz CT molecular complexity index is 808. The molecule has 0 saturated heterocycles. The number of halogens is 1. The maximum absolute atomic E-state index is 12.3. The number of hydrogen-bond donors (Lipinski definition) is 3. The Hall–Kier alpha value is -1.68. The lowest BCUT2D eigenvalue weighted by Gasteiger charge is -2.12. The van der Waals surface area contributed by atoms with Crippen LogP contribution in [-0.2, 0) is 19.4 Å². The van der Waals surface area contributed by atoms with Crippen LogP contribution in [-0.4, -0.2) is 36.0 Å².